The molecule has 1 amide bonds. The Balaban J connectivity index is 1.85. The summed E-state index contributed by atoms with van der Waals surface area (Å²) in [5, 5.41) is 0. The maximum Gasteiger partial charge on any atom is 0.223 e. The lowest BCUT2D eigenvalue weighted by molar-refractivity contribution is -0.137. The Morgan fingerprint density at radius 3 is 2.39 bits per heavy atom. The molecule has 104 valence electrons. The highest BCUT2D eigenvalue weighted by molar-refractivity contribution is 5.76. The summed E-state index contributed by atoms with van der Waals surface area (Å²) in [6, 6.07) is 0. The second-order valence-corrected chi connectivity index (χ2v) is 7.42. The van der Waals surface area contributed by atoms with Crippen LogP contribution in [0.5, 0.6) is 0 Å². The SMILES string of the molecule is CC1COC2(CCN(C(=O)CC(C)(C)C)CC2)C1. The van der Waals surface area contributed by atoms with Crippen molar-refractivity contribution < 1.29 is 9.53 Å². The Bertz CT molecular complexity index is 311. The van der Waals surface area contributed by atoms with E-state index in [1.165, 1.54) is 6.42 Å². The third-order valence-corrected chi connectivity index (χ3v) is 4.10. The maximum atomic E-state index is 12.2. The normalized spacial score (nSPS) is 27.8. The molecule has 18 heavy (non-hydrogen) atoms. The van der Waals surface area contributed by atoms with Crippen molar-refractivity contribution in [1.29, 1.82) is 0 Å². The molecule has 2 aliphatic rings. The van der Waals surface area contributed by atoms with Gasteiger partial charge in [0.2, 0.25) is 5.91 Å². The van der Waals surface area contributed by atoms with Gasteiger partial charge >= 0.3 is 0 Å². The van der Waals surface area contributed by atoms with E-state index >= 15 is 0 Å². The van der Waals surface area contributed by atoms with Crippen molar-refractivity contribution in [2.75, 3.05) is 19.7 Å². The first-order valence-corrected chi connectivity index (χ1v) is 7.21. The largest absolute Gasteiger partial charge is 0.375 e. The van der Waals surface area contributed by atoms with Crippen LogP contribution in [0.15, 0.2) is 0 Å². The molecule has 3 heteroatoms. The molecule has 2 heterocycles. The summed E-state index contributed by atoms with van der Waals surface area (Å²) in [5.41, 5.74) is 0.183. The van der Waals surface area contributed by atoms with Gasteiger partial charge in [-0.2, -0.15) is 0 Å². The van der Waals surface area contributed by atoms with Crippen molar-refractivity contribution in [3.05, 3.63) is 0 Å². The third kappa shape index (κ3) is 3.25. The monoisotopic (exact) mass is 253 g/mol. The van der Waals surface area contributed by atoms with E-state index in [1.807, 2.05) is 4.90 Å². The number of likely N-dealkylation sites (tertiary alicyclic amines) is 1. The molecule has 0 radical (unpaired) electrons. The van der Waals surface area contributed by atoms with Gasteiger partial charge in [0, 0.05) is 26.1 Å². The zero-order chi connectivity index (χ0) is 13.4. The zero-order valence-corrected chi connectivity index (χ0v) is 12.3. The quantitative estimate of drug-likeness (QED) is 0.719. The number of nitrogens with zero attached hydrogens (tertiary/aromatic N) is 1. The van der Waals surface area contributed by atoms with Gasteiger partial charge in [0.1, 0.15) is 0 Å². The maximum absolute atomic E-state index is 12.2. The molecule has 0 aromatic carbocycles. The molecule has 0 aromatic rings. The fourth-order valence-electron chi connectivity index (χ4n) is 3.15. The fourth-order valence-corrected chi connectivity index (χ4v) is 3.15. The smallest absolute Gasteiger partial charge is 0.223 e. The zero-order valence-electron chi connectivity index (χ0n) is 12.3. The van der Waals surface area contributed by atoms with Crippen LogP contribution in [0.3, 0.4) is 0 Å². The lowest BCUT2D eigenvalue weighted by atomic mass is 9.85. The summed E-state index contributed by atoms with van der Waals surface area (Å²) in [6.45, 7) is 11.3. The lowest BCUT2D eigenvalue weighted by Crippen LogP contribution is -2.47. The average Bonchev–Trinajstić information content (AvgIpc) is 2.58. The van der Waals surface area contributed by atoms with E-state index in [0.29, 0.717) is 18.2 Å². The van der Waals surface area contributed by atoms with Crippen molar-refractivity contribution in [3.63, 3.8) is 0 Å². The van der Waals surface area contributed by atoms with Crippen LogP contribution >= 0.6 is 0 Å². The minimum Gasteiger partial charge on any atom is -0.375 e. The number of ether oxygens (including phenoxy) is 1. The number of amides is 1. The molecule has 1 atom stereocenters. The van der Waals surface area contributed by atoms with Crippen LogP contribution in [-0.4, -0.2) is 36.1 Å². The number of hydrogen-bond acceptors (Lipinski definition) is 2. The van der Waals surface area contributed by atoms with Crippen LogP contribution < -0.4 is 0 Å². The van der Waals surface area contributed by atoms with Crippen LogP contribution in [0, 0.1) is 11.3 Å². The number of rotatable bonds is 1. The Morgan fingerprint density at radius 2 is 1.94 bits per heavy atom. The molecular weight excluding hydrogens is 226 g/mol. The van der Waals surface area contributed by atoms with Crippen molar-refractivity contribution in [1.82, 2.24) is 4.90 Å². The molecule has 2 rings (SSSR count). The number of carbonyl (C=O) groups is 1. The van der Waals surface area contributed by atoms with Gasteiger partial charge in [0.25, 0.3) is 0 Å². The highest BCUT2D eigenvalue weighted by Crippen LogP contribution is 2.38. The average molecular weight is 253 g/mol. The summed E-state index contributed by atoms with van der Waals surface area (Å²) < 4.78 is 5.98. The highest BCUT2D eigenvalue weighted by Gasteiger charge is 2.42. The van der Waals surface area contributed by atoms with E-state index in [-0.39, 0.29) is 11.0 Å². The minimum absolute atomic E-state index is 0.0879. The fraction of sp³-hybridized carbons (Fsp3) is 0.933. The summed E-state index contributed by atoms with van der Waals surface area (Å²) >= 11 is 0. The molecule has 0 saturated carbocycles. The number of hydrogen-bond donors (Lipinski definition) is 0. The lowest BCUT2D eigenvalue weighted by Gasteiger charge is -2.39. The molecule has 0 N–H and O–H groups in total. The van der Waals surface area contributed by atoms with E-state index in [9.17, 15) is 4.79 Å². The standard InChI is InChI=1S/C15H27NO2/c1-12-9-15(18-11-12)5-7-16(8-6-15)13(17)10-14(2,3)4/h12H,5-11H2,1-4H3. The van der Waals surface area contributed by atoms with E-state index in [1.54, 1.807) is 0 Å². The van der Waals surface area contributed by atoms with Gasteiger partial charge in [-0.15, -0.1) is 0 Å². The second-order valence-electron chi connectivity index (χ2n) is 7.42. The van der Waals surface area contributed by atoms with Gasteiger partial charge < -0.3 is 9.64 Å². The second kappa shape index (κ2) is 4.84. The number of piperidine rings is 1. The van der Waals surface area contributed by atoms with Crippen LogP contribution in [0.4, 0.5) is 0 Å². The van der Waals surface area contributed by atoms with Gasteiger partial charge in [0.15, 0.2) is 0 Å². The summed E-state index contributed by atoms with van der Waals surface area (Å²) in [5.74, 6) is 0.991. The third-order valence-electron chi connectivity index (χ3n) is 4.10. The number of carbonyl (C=O) groups excluding carboxylic acids is 1. The van der Waals surface area contributed by atoms with Crippen molar-refractivity contribution in [3.8, 4) is 0 Å². The molecule has 1 unspecified atom stereocenters. The minimum atomic E-state index is 0.0879. The van der Waals surface area contributed by atoms with Crippen molar-refractivity contribution in [2.24, 2.45) is 11.3 Å². The van der Waals surface area contributed by atoms with Gasteiger partial charge in [-0.3, -0.25) is 4.79 Å². The van der Waals surface area contributed by atoms with E-state index in [0.717, 1.165) is 32.5 Å². The molecule has 2 aliphatic heterocycles. The Hall–Kier alpha value is -0.570. The van der Waals surface area contributed by atoms with Crippen molar-refractivity contribution in [2.45, 2.75) is 59.0 Å². The van der Waals surface area contributed by atoms with Gasteiger partial charge in [-0.1, -0.05) is 27.7 Å². The van der Waals surface area contributed by atoms with Crippen LogP contribution in [0.1, 0.15) is 53.4 Å². The van der Waals surface area contributed by atoms with Crippen molar-refractivity contribution >= 4 is 5.91 Å². The predicted octanol–water partition coefficient (Wildman–Crippen LogP) is 2.84. The summed E-state index contributed by atoms with van der Waals surface area (Å²) in [7, 11) is 0. The molecule has 0 bridgehead atoms. The Morgan fingerprint density at radius 1 is 1.33 bits per heavy atom. The van der Waals surface area contributed by atoms with Gasteiger partial charge in [-0.05, 0) is 30.6 Å². The highest BCUT2D eigenvalue weighted by atomic mass is 16.5. The Kier molecular flexibility index (Phi) is 3.72. The first-order valence-electron chi connectivity index (χ1n) is 7.21. The molecule has 0 aliphatic carbocycles. The molecule has 3 nitrogen and oxygen atoms in total. The van der Waals surface area contributed by atoms with Crippen LogP contribution in [0.2, 0.25) is 0 Å². The first kappa shape index (κ1) is 13.9. The molecule has 2 fully saturated rings. The summed E-state index contributed by atoms with van der Waals surface area (Å²) in [4.78, 5) is 14.2. The topological polar surface area (TPSA) is 29.5 Å². The van der Waals surface area contributed by atoms with E-state index in [4.69, 9.17) is 4.74 Å². The van der Waals surface area contributed by atoms with Gasteiger partial charge in [-0.25, -0.2) is 0 Å². The van der Waals surface area contributed by atoms with E-state index in [2.05, 4.69) is 27.7 Å². The predicted molar refractivity (Wildman–Crippen MR) is 72.4 cm³/mol. The van der Waals surface area contributed by atoms with Gasteiger partial charge in [0.05, 0.1) is 5.60 Å². The molecule has 1 spiro atoms. The van der Waals surface area contributed by atoms with Crippen LogP contribution in [0.25, 0.3) is 0 Å². The summed E-state index contributed by atoms with van der Waals surface area (Å²) in [6.07, 6.45) is 3.87. The van der Waals surface area contributed by atoms with Crippen LogP contribution in [-0.2, 0) is 9.53 Å². The molecule has 0 aromatic heterocycles. The first-order chi connectivity index (χ1) is 8.30. The van der Waals surface area contributed by atoms with E-state index < -0.39 is 0 Å². The molecular formula is C15H27NO2. The molecule has 2 saturated heterocycles. The Labute approximate surface area is 111 Å².